The summed E-state index contributed by atoms with van der Waals surface area (Å²) in [7, 11) is 0. The summed E-state index contributed by atoms with van der Waals surface area (Å²) in [6.07, 6.45) is -5.42. The number of benzene rings is 1. The molecule has 1 aliphatic heterocycles. The van der Waals surface area contributed by atoms with E-state index < -0.39 is 54.0 Å². The Hall–Kier alpha value is -2.85. The van der Waals surface area contributed by atoms with Crippen molar-refractivity contribution in [2.24, 2.45) is 0 Å². The number of amides is 1. The van der Waals surface area contributed by atoms with Crippen molar-refractivity contribution in [1.29, 1.82) is 0 Å². The van der Waals surface area contributed by atoms with Gasteiger partial charge in [-0.1, -0.05) is 41.9 Å². The van der Waals surface area contributed by atoms with Crippen molar-refractivity contribution < 1.29 is 42.9 Å². The van der Waals surface area contributed by atoms with E-state index in [1.54, 1.807) is 12.1 Å². The van der Waals surface area contributed by atoms with E-state index in [0.717, 1.165) is 26.3 Å². The lowest BCUT2D eigenvalue weighted by Crippen LogP contribution is -2.62. The van der Waals surface area contributed by atoms with Crippen LogP contribution in [0.5, 0.6) is 0 Å². The van der Waals surface area contributed by atoms with E-state index in [4.69, 9.17) is 35.3 Å². The number of carbonyl (C=O) groups excluding carboxylic acids is 4. The molecule has 2 rings (SSSR count). The van der Waals surface area contributed by atoms with Gasteiger partial charge in [-0.05, 0) is 5.56 Å². The molecule has 1 amide bonds. The zero-order valence-electron chi connectivity index (χ0n) is 17.2. The molecule has 1 heterocycles. The average Bonchev–Trinajstić information content (AvgIpc) is 2.69. The molecule has 0 unspecified atom stereocenters. The molecule has 0 aromatic heterocycles. The summed E-state index contributed by atoms with van der Waals surface area (Å²) in [6, 6.07) is 9.05. The summed E-state index contributed by atoms with van der Waals surface area (Å²) in [4.78, 5) is 46.7. The standard InChI is InChI=1S/C20H24ClNO9/c1-11(23)28-16-15(9-22-20(26)27-10-14-7-5-4-6-8-14)31-19(21)18(30-13(3)25)17(16)29-12(2)24/h4-8,15-19H,9-10H2,1-3H3,(H,22,26)/t15-,16-,17+,18-,19+/m1/s1. The number of hydrogen-bond donors (Lipinski definition) is 1. The van der Waals surface area contributed by atoms with Crippen LogP contribution in [0.15, 0.2) is 30.3 Å². The van der Waals surface area contributed by atoms with Gasteiger partial charge in [0, 0.05) is 20.8 Å². The topological polar surface area (TPSA) is 126 Å². The minimum absolute atomic E-state index is 0.0499. The van der Waals surface area contributed by atoms with Crippen LogP contribution in [0.2, 0.25) is 0 Å². The highest BCUT2D eigenvalue weighted by Crippen LogP contribution is 2.30. The number of hydrogen-bond acceptors (Lipinski definition) is 9. The monoisotopic (exact) mass is 457 g/mol. The number of rotatable bonds is 7. The van der Waals surface area contributed by atoms with Gasteiger partial charge >= 0.3 is 24.0 Å². The maximum Gasteiger partial charge on any atom is 0.407 e. The van der Waals surface area contributed by atoms with Gasteiger partial charge in [0.1, 0.15) is 12.7 Å². The molecule has 1 saturated heterocycles. The smallest absolute Gasteiger partial charge is 0.407 e. The summed E-state index contributed by atoms with van der Waals surface area (Å²) >= 11 is 6.18. The maximum atomic E-state index is 12.1. The van der Waals surface area contributed by atoms with E-state index in [1.807, 2.05) is 18.2 Å². The first-order valence-corrected chi connectivity index (χ1v) is 9.86. The Balaban J connectivity index is 2.08. The third-order valence-corrected chi connectivity index (χ3v) is 4.49. The van der Waals surface area contributed by atoms with Crippen molar-refractivity contribution in [3.05, 3.63) is 35.9 Å². The van der Waals surface area contributed by atoms with E-state index >= 15 is 0 Å². The Kier molecular flexibility index (Phi) is 9.07. The predicted octanol–water partition coefficient (Wildman–Crippen LogP) is 1.67. The van der Waals surface area contributed by atoms with Gasteiger partial charge in [0.25, 0.3) is 0 Å². The first-order chi connectivity index (χ1) is 14.7. The molecule has 5 atom stereocenters. The maximum absolute atomic E-state index is 12.1. The van der Waals surface area contributed by atoms with Crippen LogP contribution in [-0.2, 0) is 44.7 Å². The number of esters is 3. The van der Waals surface area contributed by atoms with Crippen molar-refractivity contribution >= 4 is 35.6 Å². The van der Waals surface area contributed by atoms with E-state index in [2.05, 4.69) is 5.32 Å². The quantitative estimate of drug-likeness (QED) is 0.369. The van der Waals surface area contributed by atoms with E-state index in [9.17, 15) is 19.2 Å². The normalized spacial score (nSPS) is 25.1. The van der Waals surface area contributed by atoms with Crippen LogP contribution < -0.4 is 5.32 Å². The van der Waals surface area contributed by atoms with Crippen LogP contribution in [-0.4, -0.2) is 60.5 Å². The lowest BCUT2D eigenvalue weighted by molar-refractivity contribution is -0.232. The zero-order chi connectivity index (χ0) is 23.0. The Morgan fingerprint density at radius 3 is 2.03 bits per heavy atom. The number of nitrogens with one attached hydrogen (secondary N) is 1. The molecule has 170 valence electrons. The number of ether oxygens (including phenoxy) is 5. The summed E-state index contributed by atoms with van der Waals surface area (Å²) in [5.74, 6) is -2.10. The molecule has 0 saturated carbocycles. The number of alkyl carbamates (subject to hydrolysis) is 1. The Labute approximate surface area is 184 Å². The fraction of sp³-hybridized carbons (Fsp3) is 0.500. The largest absolute Gasteiger partial charge is 0.456 e. The van der Waals surface area contributed by atoms with Gasteiger partial charge in [0.15, 0.2) is 23.9 Å². The SMILES string of the molecule is CC(=O)O[C@@H]1[C@@H](OC(C)=O)[C@@H](Cl)O[C@H](CNC(=O)OCc2ccccc2)[C@H]1OC(C)=O. The fourth-order valence-electron chi connectivity index (χ4n) is 2.96. The molecule has 1 aromatic carbocycles. The van der Waals surface area contributed by atoms with Gasteiger partial charge in [-0.3, -0.25) is 14.4 Å². The highest BCUT2D eigenvalue weighted by molar-refractivity contribution is 6.20. The van der Waals surface area contributed by atoms with Crippen LogP contribution in [0.3, 0.4) is 0 Å². The fourth-order valence-corrected chi connectivity index (χ4v) is 3.29. The van der Waals surface area contributed by atoms with Crippen molar-refractivity contribution in [3.8, 4) is 0 Å². The molecule has 1 aromatic rings. The zero-order valence-corrected chi connectivity index (χ0v) is 18.0. The summed E-state index contributed by atoms with van der Waals surface area (Å²) in [5.41, 5.74) is -0.434. The van der Waals surface area contributed by atoms with Gasteiger partial charge in [-0.15, -0.1) is 0 Å². The minimum atomic E-state index is -1.24. The molecule has 0 aliphatic carbocycles. The highest BCUT2D eigenvalue weighted by Gasteiger charge is 2.51. The van der Waals surface area contributed by atoms with Crippen LogP contribution in [0.25, 0.3) is 0 Å². The molecule has 11 heteroatoms. The van der Waals surface area contributed by atoms with Crippen molar-refractivity contribution in [3.63, 3.8) is 0 Å². The van der Waals surface area contributed by atoms with Gasteiger partial charge in [-0.2, -0.15) is 0 Å². The van der Waals surface area contributed by atoms with Gasteiger partial charge < -0.3 is 29.0 Å². The second-order valence-corrected chi connectivity index (χ2v) is 7.12. The second kappa shape index (κ2) is 11.5. The Morgan fingerprint density at radius 1 is 0.903 bits per heavy atom. The molecule has 1 N–H and O–H groups in total. The molecule has 0 bridgehead atoms. The third-order valence-electron chi connectivity index (χ3n) is 4.14. The summed E-state index contributed by atoms with van der Waals surface area (Å²) < 4.78 is 26.3. The Bertz CT molecular complexity index is 788. The molecule has 0 radical (unpaired) electrons. The second-order valence-electron chi connectivity index (χ2n) is 6.69. The first-order valence-electron chi connectivity index (χ1n) is 9.43. The number of alkyl halides is 1. The molecule has 31 heavy (non-hydrogen) atoms. The number of halogens is 1. The van der Waals surface area contributed by atoms with Gasteiger partial charge in [0.2, 0.25) is 0 Å². The predicted molar refractivity (Wildman–Crippen MR) is 106 cm³/mol. The molecule has 0 spiro atoms. The first kappa shape index (κ1) is 24.4. The molecular weight excluding hydrogens is 434 g/mol. The van der Waals surface area contributed by atoms with Gasteiger partial charge in [0.05, 0.1) is 6.54 Å². The number of carbonyl (C=O) groups is 4. The van der Waals surface area contributed by atoms with E-state index in [-0.39, 0.29) is 13.2 Å². The van der Waals surface area contributed by atoms with E-state index in [1.165, 1.54) is 0 Å². The van der Waals surface area contributed by atoms with Gasteiger partial charge in [-0.25, -0.2) is 4.79 Å². The molecular formula is C20H24ClNO9. The molecule has 10 nitrogen and oxygen atoms in total. The molecule has 1 aliphatic rings. The van der Waals surface area contributed by atoms with Crippen molar-refractivity contribution in [2.45, 2.75) is 57.4 Å². The van der Waals surface area contributed by atoms with Crippen LogP contribution in [0.4, 0.5) is 4.79 Å². The highest BCUT2D eigenvalue weighted by atomic mass is 35.5. The summed E-state index contributed by atoms with van der Waals surface area (Å²) in [5, 5.41) is 2.49. The minimum Gasteiger partial charge on any atom is -0.456 e. The van der Waals surface area contributed by atoms with E-state index in [0.29, 0.717) is 0 Å². The van der Waals surface area contributed by atoms with Crippen LogP contribution in [0.1, 0.15) is 26.3 Å². The lowest BCUT2D eigenvalue weighted by atomic mass is 9.98. The Morgan fingerprint density at radius 2 is 1.45 bits per heavy atom. The third kappa shape index (κ3) is 7.72. The average molecular weight is 458 g/mol. The van der Waals surface area contributed by atoms with Crippen LogP contribution in [0, 0.1) is 0 Å². The summed E-state index contributed by atoms with van der Waals surface area (Å²) in [6.45, 7) is 3.30. The molecule has 1 fully saturated rings. The van der Waals surface area contributed by atoms with Crippen LogP contribution >= 0.6 is 11.6 Å². The van der Waals surface area contributed by atoms with Crippen molar-refractivity contribution in [2.75, 3.05) is 6.54 Å². The lowest BCUT2D eigenvalue weighted by Gasteiger charge is -2.42. The van der Waals surface area contributed by atoms with Crippen molar-refractivity contribution in [1.82, 2.24) is 5.32 Å².